The first-order valence-electron chi connectivity index (χ1n) is 8.33. The predicted octanol–water partition coefficient (Wildman–Crippen LogP) is 3.44. The van der Waals surface area contributed by atoms with Crippen LogP contribution < -0.4 is 4.74 Å². The van der Waals surface area contributed by atoms with Crippen molar-refractivity contribution in [3.05, 3.63) is 58.9 Å². The van der Waals surface area contributed by atoms with Crippen LogP contribution in [0.5, 0.6) is 5.75 Å². The van der Waals surface area contributed by atoms with Crippen molar-refractivity contribution < 1.29 is 14.3 Å². The van der Waals surface area contributed by atoms with E-state index in [4.69, 9.17) is 21.1 Å². The molecule has 0 unspecified atom stereocenters. The van der Waals surface area contributed by atoms with E-state index >= 15 is 0 Å². The van der Waals surface area contributed by atoms with Crippen LogP contribution in [0.2, 0.25) is 5.15 Å². The molecule has 2 aromatic heterocycles. The Bertz CT molecular complexity index is 956. The van der Waals surface area contributed by atoms with E-state index in [-0.39, 0.29) is 11.9 Å². The normalized spacial score (nSPS) is 17.5. The van der Waals surface area contributed by atoms with Gasteiger partial charge < -0.3 is 19.4 Å². The molecule has 0 bridgehead atoms. The Morgan fingerprint density at radius 2 is 2.23 bits per heavy atom. The van der Waals surface area contributed by atoms with Crippen LogP contribution in [0.25, 0.3) is 11.0 Å². The van der Waals surface area contributed by atoms with Crippen molar-refractivity contribution >= 4 is 28.5 Å². The van der Waals surface area contributed by atoms with Gasteiger partial charge in [-0.2, -0.15) is 0 Å². The van der Waals surface area contributed by atoms with Crippen LogP contribution >= 0.6 is 11.6 Å². The molecular weight excluding hydrogens is 354 g/mol. The molecule has 0 aliphatic carbocycles. The van der Waals surface area contributed by atoms with E-state index in [2.05, 4.69) is 9.97 Å². The number of aromatic amines is 1. The van der Waals surface area contributed by atoms with Crippen LogP contribution in [0.3, 0.4) is 0 Å². The number of hydrogen-bond acceptors (Lipinski definition) is 4. The maximum atomic E-state index is 13.1. The second-order valence-electron chi connectivity index (χ2n) is 6.12. The predicted molar refractivity (Wildman–Crippen MR) is 98.7 cm³/mol. The van der Waals surface area contributed by atoms with Gasteiger partial charge in [0.2, 0.25) is 0 Å². The molecule has 1 saturated heterocycles. The minimum Gasteiger partial charge on any atom is -0.497 e. The number of fused-ring (bicyclic) bond motifs is 1. The van der Waals surface area contributed by atoms with Gasteiger partial charge in [-0.05, 0) is 35.9 Å². The Labute approximate surface area is 155 Å². The number of halogens is 1. The van der Waals surface area contributed by atoms with Crippen LogP contribution in [0.15, 0.2) is 42.5 Å². The second kappa shape index (κ2) is 6.97. The van der Waals surface area contributed by atoms with Gasteiger partial charge in [0.15, 0.2) is 0 Å². The van der Waals surface area contributed by atoms with Crippen molar-refractivity contribution in [2.75, 3.05) is 26.9 Å². The lowest BCUT2D eigenvalue weighted by molar-refractivity contribution is -0.00300. The van der Waals surface area contributed by atoms with Crippen LogP contribution in [-0.4, -0.2) is 47.6 Å². The molecule has 6 nitrogen and oxygen atoms in total. The fourth-order valence-corrected chi connectivity index (χ4v) is 3.37. The highest BCUT2D eigenvalue weighted by atomic mass is 35.5. The van der Waals surface area contributed by atoms with Gasteiger partial charge >= 0.3 is 0 Å². The number of hydrogen-bond donors (Lipinski definition) is 1. The van der Waals surface area contributed by atoms with Gasteiger partial charge in [0.1, 0.15) is 22.2 Å². The van der Waals surface area contributed by atoms with Crippen molar-refractivity contribution in [1.29, 1.82) is 0 Å². The molecule has 4 rings (SSSR count). The zero-order chi connectivity index (χ0) is 18.1. The lowest BCUT2D eigenvalue weighted by Crippen LogP contribution is -2.43. The topological polar surface area (TPSA) is 67.5 Å². The number of pyridine rings is 1. The average molecular weight is 372 g/mol. The first-order valence-corrected chi connectivity index (χ1v) is 8.71. The molecule has 1 N–H and O–H groups in total. The Balaban J connectivity index is 1.67. The number of nitrogens with one attached hydrogen (secondary N) is 1. The molecular formula is C19H18ClN3O3. The average Bonchev–Trinajstić information content (AvgIpc) is 3.10. The smallest absolute Gasteiger partial charge is 0.271 e. The third kappa shape index (κ3) is 3.13. The number of carbonyl (C=O) groups excluding carboxylic acids is 1. The van der Waals surface area contributed by atoms with E-state index in [0.717, 1.165) is 16.7 Å². The minimum atomic E-state index is -0.172. The summed E-state index contributed by atoms with van der Waals surface area (Å²) in [5.41, 5.74) is 2.08. The Morgan fingerprint density at radius 1 is 1.35 bits per heavy atom. The van der Waals surface area contributed by atoms with Crippen molar-refractivity contribution in [1.82, 2.24) is 14.9 Å². The highest BCUT2D eigenvalue weighted by molar-refractivity contribution is 6.29. The van der Waals surface area contributed by atoms with Gasteiger partial charge in [-0.1, -0.05) is 23.7 Å². The molecule has 3 heterocycles. The molecule has 0 saturated carbocycles. The van der Waals surface area contributed by atoms with Gasteiger partial charge in [0, 0.05) is 11.9 Å². The molecule has 1 aliphatic rings. The molecule has 26 heavy (non-hydrogen) atoms. The van der Waals surface area contributed by atoms with Gasteiger partial charge in [0.05, 0.1) is 26.4 Å². The highest BCUT2D eigenvalue weighted by Gasteiger charge is 2.30. The third-order valence-electron chi connectivity index (χ3n) is 4.54. The molecule has 0 spiro atoms. The first-order chi connectivity index (χ1) is 12.7. The van der Waals surface area contributed by atoms with Crippen molar-refractivity contribution in [2.24, 2.45) is 0 Å². The molecule has 1 atom stereocenters. The quantitative estimate of drug-likeness (QED) is 0.716. The fourth-order valence-electron chi connectivity index (χ4n) is 3.22. The molecule has 7 heteroatoms. The van der Waals surface area contributed by atoms with Gasteiger partial charge in [-0.15, -0.1) is 0 Å². The van der Waals surface area contributed by atoms with E-state index in [9.17, 15) is 4.79 Å². The van der Waals surface area contributed by atoms with Crippen molar-refractivity contribution in [3.63, 3.8) is 0 Å². The largest absolute Gasteiger partial charge is 0.497 e. The maximum absolute atomic E-state index is 13.1. The molecule has 0 radical (unpaired) electrons. The summed E-state index contributed by atoms with van der Waals surface area (Å²) in [5, 5.41) is 1.24. The molecule has 134 valence electrons. The van der Waals surface area contributed by atoms with Crippen LogP contribution in [0, 0.1) is 0 Å². The minimum absolute atomic E-state index is 0.0877. The number of aromatic nitrogens is 2. The summed E-state index contributed by atoms with van der Waals surface area (Å²) in [7, 11) is 1.63. The molecule has 3 aromatic rings. The van der Waals surface area contributed by atoms with Gasteiger partial charge in [-0.3, -0.25) is 4.79 Å². The standard InChI is InChI=1S/C19H18ClN3O3/c1-25-14-4-2-3-12(9-14)16-11-26-8-7-23(16)19(24)15-10-13-5-6-17(20)22-18(13)21-15/h2-6,9-10,16H,7-8,11H2,1H3,(H,21,22)/t16-/m0/s1. The zero-order valence-electron chi connectivity index (χ0n) is 14.2. The number of benzene rings is 1. The highest BCUT2D eigenvalue weighted by Crippen LogP contribution is 2.29. The summed E-state index contributed by atoms with van der Waals surface area (Å²) < 4.78 is 10.9. The molecule has 1 fully saturated rings. The number of carbonyl (C=O) groups is 1. The van der Waals surface area contributed by atoms with Crippen LogP contribution in [-0.2, 0) is 4.74 Å². The first kappa shape index (κ1) is 16.9. The van der Waals surface area contributed by atoms with Crippen LogP contribution in [0.4, 0.5) is 0 Å². The Morgan fingerprint density at radius 3 is 3.08 bits per heavy atom. The monoisotopic (exact) mass is 371 g/mol. The van der Waals surface area contributed by atoms with E-state index < -0.39 is 0 Å². The number of nitrogens with zero attached hydrogens (tertiary/aromatic N) is 2. The van der Waals surface area contributed by atoms with Crippen molar-refractivity contribution in [3.8, 4) is 5.75 Å². The number of methoxy groups -OCH3 is 1. The summed E-state index contributed by atoms with van der Waals surface area (Å²) in [4.78, 5) is 22.3. The van der Waals surface area contributed by atoms with Gasteiger partial charge in [-0.25, -0.2) is 4.98 Å². The zero-order valence-corrected chi connectivity index (χ0v) is 15.0. The number of H-pyrrole nitrogens is 1. The summed E-state index contributed by atoms with van der Waals surface area (Å²) in [6.45, 7) is 1.48. The lowest BCUT2D eigenvalue weighted by Gasteiger charge is -2.35. The summed E-state index contributed by atoms with van der Waals surface area (Å²) in [6.07, 6.45) is 0. The van der Waals surface area contributed by atoms with E-state index in [0.29, 0.717) is 36.3 Å². The number of amides is 1. The number of ether oxygens (including phenoxy) is 2. The van der Waals surface area contributed by atoms with Crippen LogP contribution in [0.1, 0.15) is 22.1 Å². The molecule has 1 amide bonds. The van der Waals surface area contributed by atoms with E-state index in [1.807, 2.05) is 35.2 Å². The fraction of sp³-hybridized carbons (Fsp3) is 0.263. The van der Waals surface area contributed by atoms with Crippen molar-refractivity contribution in [2.45, 2.75) is 6.04 Å². The summed E-state index contributed by atoms with van der Waals surface area (Å²) >= 11 is 5.93. The number of morpholine rings is 1. The third-order valence-corrected chi connectivity index (χ3v) is 4.75. The SMILES string of the molecule is COc1cccc([C@@H]2COCCN2C(=O)c2cc3ccc(Cl)nc3[nH]2)c1. The Kier molecular flexibility index (Phi) is 4.53. The molecule has 1 aliphatic heterocycles. The van der Waals surface area contributed by atoms with E-state index in [1.54, 1.807) is 19.2 Å². The lowest BCUT2D eigenvalue weighted by atomic mass is 10.0. The summed E-state index contributed by atoms with van der Waals surface area (Å²) in [6, 6.07) is 12.9. The number of rotatable bonds is 3. The van der Waals surface area contributed by atoms with E-state index in [1.165, 1.54) is 0 Å². The summed E-state index contributed by atoms with van der Waals surface area (Å²) in [5.74, 6) is 0.667. The molecule has 1 aromatic carbocycles. The maximum Gasteiger partial charge on any atom is 0.271 e. The Hall–Kier alpha value is -2.57. The van der Waals surface area contributed by atoms with Gasteiger partial charge in [0.25, 0.3) is 5.91 Å². The second-order valence-corrected chi connectivity index (χ2v) is 6.51.